The Morgan fingerprint density at radius 1 is 1.00 bits per heavy atom. The number of hydrogen-bond acceptors (Lipinski definition) is 4. The van der Waals surface area contributed by atoms with Crippen LogP contribution in [0.25, 0.3) is 5.57 Å². The summed E-state index contributed by atoms with van der Waals surface area (Å²) in [6.45, 7) is 2.08. The summed E-state index contributed by atoms with van der Waals surface area (Å²) < 4.78 is 52.1. The summed E-state index contributed by atoms with van der Waals surface area (Å²) in [7, 11) is -3.02. The van der Waals surface area contributed by atoms with E-state index in [9.17, 15) is 22.0 Å². The molecule has 7 heteroatoms. The van der Waals surface area contributed by atoms with Gasteiger partial charge in [0.1, 0.15) is 18.2 Å². The topological polar surface area (TPSA) is 60.4 Å². The summed E-state index contributed by atoms with van der Waals surface area (Å²) >= 11 is 0. The largest absolute Gasteiger partial charge is 0.458 e. The molecular formula is C18H16F2O4S. The molecule has 0 fully saturated rings. The Balaban J connectivity index is 0.000000186. The van der Waals surface area contributed by atoms with Crippen LogP contribution in [0.5, 0.6) is 0 Å². The van der Waals surface area contributed by atoms with Gasteiger partial charge in [0.05, 0.1) is 10.5 Å². The van der Waals surface area contributed by atoms with Gasteiger partial charge < -0.3 is 4.74 Å². The highest BCUT2D eigenvalue weighted by Gasteiger charge is 2.19. The molecule has 0 radical (unpaired) electrons. The van der Waals surface area contributed by atoms with E-state index in [2.05, 4.69) is 4.74 Å². The van der Waals surface area contributed by atoms with Gasteiger partial charge in [0.25, 0.3) is 0 Å². The van der Waals surface area contributed by atoms with Gasteiger partial charge in [-0.15, -0.1) is 0 Å². The van der Waals surface area contributed by atoms with Crippen molar-refractivity contribution in [1.29, 1.82) is 0 Å². The van der Waals surface area contributed by atoms with Gasteiger partial charge >= 0.3 is 5.97 Å². The maximum absolute atomic E-state index is 12.8. The molecule has 0 saturated heterocycles. The molecule has 2 aromatic carbocycles. The smallest absolute Gasteiger partial charge is 0.338 e. The number of aryl methyl sites for hydroxylation is 1. The Morgan fingerprint density at radius 3 is 2.00 bits per heavy atom. The zero-order chi connectivity index (χ0) is 18.6. The fraction of sp³-hybridized carbons (Fsp3) is 0.167. The predicted molar refractivity (Wildman–Crippen MR) is 89.6 cm³/mol. The summed E-state index contributed by atoms with van der Waals surface area (Å²) in [6.07, 6.45) is 2.70. The number of hydrogen-bond donors (Lipinski definition) is 0. The quantitative estimate of drug-likeness (QED) is 0.765. The van der Waals surface area contributed by atoms with Gasteiger partial charge in [-0.3, -0.25) is 0 Å². The fourth-order valence-corrected chi connectivity index (χ4v) is 2.72. The lowest BCUT2D eigenvalue weighted by molar-refractivity contribution is -0.133. The molecule has 0 N–H and O–H groups in total. The molecule has 2 aromatic rings. The second-order valence-electron chi connectivity index (χ2n) is 5.46. The van der Waals surface area contributed by atoms with Crippen molar-refractivity contribution >= 4 is 21.4 Å². The maximum Gasteiger partial charge on any atom is 0.338 e. The number of carbonyl (C=O) groups excluding carboxylic acids is 1. The molecule has 0 atom stereocenters. The number of halogens is 2. The Kier molecular flexibility index (Phi) is 5.69. The van der Waals surface area contributed by atoms with Crippen LogP contribution in [0, 0.1) is 18.6 Å². The van der Waals surface area contributed by atoms with Crippen molar-refractivity contribution < 1.29 is 26.7 Å². The molecule has 0 amide bonds. The second-order valence-corrected chi connectivity index (χ2v) is 7.48. The summed E-state index contributed by atoms with van der Waals surface area (Å²) in [5.74, 6) is -1.96. The van der Waals surface area contributed by atoms with Crippen LogP contribution in [0.4, 0.5) is 8.78 Å². The highest BCUT2D eigenvalue weighted by atomic mass is 32.2. The van der Waals surface area contributed by atoms with Crippen LogP contribution < -0.4 is 0 Å². The lowest BCUT2D eigenvalue weighted by atomic mass is 10.1. The Hall–Kier alpha value is -2.54. The van der Waals surface area contributed by atoms with Crippen LogP contribution in [0.15, 0.2) is 53.4 Å². The predicted octanol–water partition coefficient (Wildman–Crippen LogP) is 3.30. The zero-order valence-corrected chi connectivity index (χ0v) is 14.4. The molecule has 4 nitrogen and oxygen atoms in total. The van der Waals surface area contributed by atoms with E-state index in [0.29, 0.717) is 4.90 Å². The van der Waals surface area contributed by atoms with Crippen molar-refractivity contribution in [3.05, 3.63) is 71.3 Å². The highest BCUT2D eigenvalue weighted by molar-refractivity contribution is 7.90. The van der Waals surface area contributed by atoms with Gasteiger partial charge in [0, 0.05) is 12.3 Å². The highest BCUT2D eigenvalue weighted by Crippen LogP contribution is 2.22. The molecule has 1 aliphatic heterocycles. The lowest BCUT2D eigenvalue weighted by Gasteiger charge is -2.00. The van der Waals surface area contributed by atoms with E-state index in [1.807, 2.05) is 6.92 Å². The number of ether oxygens (including phenoxy) is 1. The minimum Gasteiger partial charge on any atom is -0.458 e. The average molecular weight is 366 g/mol. The van der Waals surface area contributed by atoms with Crippen molar-refractivity contribution in [1.82, 2.24) is 0 Å². The average Bonchev–Trinajstić information content (AvgIpc) is 2.92. The van der Waals surface area contributed by atoms with E-state index in [4.69, 9.17) is 0 Å². The van der Waals surface area contributed by atoms with E-state index < -0.39 is 27.4 Å². The third-order valence-corrected chi connectivity index (χ3v) is 4.47. The molecule has 132 valence electrons. The first kappa shape index (κ1) is 18.8. The van der Waals surface area contributed by atoms with Crippen molar-refractivity contribution in [3.63, 3.8) is 0 Å². The number of carbonyl (C=O) groups is 1. The van der Waals surface area contributed by atoms with Crippen LogP contribution in [-0.4, -0.2) is 27.2 Å². The lowest BCUT2D eigenvalue weighted by Crippen LogP contribution is -1.99. The van der Waals surface area contributed by atoms with Gasteiger partial charge in [-0.05, 0) is 42.8 Å². The summed E-state index contributed by atoms with van der Waals surface area (Å²) in [5, 5.41) is 0. The van der Waals surface area contributed by atoms with Crippen molar-refractivity contribution in [2.45, 2.75) is 11.8 Å². The van der Waals surface area contributed by atoms with E-state index in [0.717, 1.165) is 23.8 Å². The Bertz CT molecular complexity index is 896. The number of rotatable bonds is 2. The zero-order valence-electron chi connectivity index (χ0n) is 13.6. The molecule has 0 bridgehead atoms. The Morgan fingerprint density at radius 2 is 1.56 bits per heavy atom. The molecule has 0 spiro atoms. The Labute approximate surface area is 144 Å². The number of cyclic esters (lactones) is 1. The molecule has 1 heterocycles. The SMILES string of the molecule is Cc1ccc(S(C)(=O)=O)cc1.O=C1OCC=C1c1cc(F)cc(F)c1. The standard InChI is InChI=1S/C10H6F2O2.C8H10O2S/c11-7-3-6(4-8(12)5-7)9-1-2-14-10(9)13;1-7-3-5-8(6-4-7)11(2,9)10/h1,3-5H,2H2;3-6H,1-2H3. The first-order valence-corrected chi connectivity index (χ1v) is 9.16. The molecule has 0 aliphatic carbocycles. The van der Waals surface area contributed by atoms with E-state index >= 15 is 0 Å². The van der Waals surface area contributed by atoms with Crippen molar-refractivity contribution in [3.8, 4) is 0 Å². The number of benzene rings is 2. The van der Waals surface area contributed by atoms with Gasteiger partial charge in [0.2, 0.25) is 0 Å². The molecule has 3 rings (SSSR count). The third kappa shape index (κ3) is 5.22. The summed E-state index contributed by atoms with van der Waals surface area (Å²) in [5.41, 5.74) is 1.49. The second kappa shape index (κ2) is 7.57. The van der Waals surface area contributed by atoms with Crippen molar-refractivity contribution in [2.24, 2.45) is 0 Å². The molecular weight excluding hydrogens is 350 g/mol. The van der Waals surface area contributed by atoms with Crippen LogP contribution in [-0.2, 0) is 19.4 Å². The van der Waals surface area contributed by atoms with Crippen LogP contribution >= 0.6 is 0 Å². The number of esters is 1. The van der Waals surface area contributed by atoms with Crippen LogP contribution in [0.1, 0.15) is 11.1 Å². The summed E-state index contributed by atoms with van der Waals surface area (Å²) in [6, 6.07) is 9.76. The van der Waals surface area contributed by atoms with Gasteiger partial charge in [0.15, 0.2) is 9.84 Å². The van der Waals surface area contributed by atoms with Gasteiger partial charge in [-0.1, -0.05) is 17.7 Å². The van der Waals surface area contributed by atoms with Gasteiger partial charge in [-0.2, -0.15) is 0 Å². The van der Waals surface area contributed by atoms with Crippen molar-refractivity contribution in [2.75, 3.05) is 12.9 Å². The first-order valence-electron chi connectivity index (χ1n) is 7.27. The minimum absolute atomic E-state index is 0.159. The third-order valence-electron chi connectivity index (χ3n) is 3.34. The van der Waals surface area contributed by atoms with E-state index in [-0.39, 0.29) is 17.7 Å². The van der Waals surface area contributed by atoms with Crippen LogP contribution in [0.3, 0.4) is 0 Å². The first-order chi connectivity index (χ1) is 11.7. The van der Waals surface area contributed by atoms with Crippen LogP contribution in [0.2, 0.25) is 0 Å². The monoisotopic (exact) mass is 366 g/mol. The molecule has 0 aromatic heterocycles. The normalized spacial score (nSPS) is 13.6. The molecule has 1 aliphatic rings. The molecule has 0 saturated carbocycles. The fourth-order valence-electron chi connectivity index (χ4n) is 2.09. The van der Waals surface area contributed by atoms with E-state index in [1.54, 1.807) is 24.3 Å². The van der Waals surface area contributed by atoms with Gasteiger partial charge in [-0.25, -0.2) is 22.0 Å². The maximum atomic E-state index is 12.8. The van der Waals surface area contributed by atoms with E-state index in [1.165, 1.54) is 12.3 Å². The summed E-state index contributed by atoms with van der Waals surface area (Å²) in [4.78, 5) is 11.4. The minimum atomic E-state index is -3.02. The molecule has 25 heavy (non-hydrogen) atoms. The molecule has 0 unspecified atom stereocenters. The number of sulfone groups is 1.